The number of quaternary nitrogens is 1. The summed E-state index contributed by atoms with van der Waals surface area (Å²) in [6.45, 7) is 16.2. The van der Waals surface area contributed by atoms with E-state index in [1.54, 1.807) is 0 Å². The van der Waals surface area contributed by atoms with Crippen LogP contribution in [0.1, 0.15) is 131 Å². The predicted octanol–water partition coefficient (Wildman–Crippen LogP) is 8.12. The van der Waals surface area contributed by atoms with Crippen molar-refractivity contribution in [3.8, 4) is 0 Å². The molecule has 25 heavy (non-hydrogen) atoms. The van der Waals surface area contributed by atoms with E-state index in [2.05, 4.69) is 34.6 Å². The van der Waals surface area contributed by atoms with E-state index in [-0.39, 0.29) is 0 Å². The number of nitrogens with zero attached hydrogens (tertiary/aromatic N) is 1. The Labute approximate surface area is 161 Å². The van der Waals surface area contributed by atoms with Gasteiger partial charge in [-0.15, -0.1) is 0 Å². The summed E-state index contributed by atoms with van der Waals surface area (Å²) in [4.78, 5) is 0. The van der Waals surface area contributed by atoms with E-state index in [9.17, 15) is 0 Å². The minimum atomic E-state index is 0.795. The Hall–Kier alpha value is -0.0400. The van der Waals surface area contributed by atoms with Crippen molar-refractivity contribution >= 4 is 0 Å². The SMILES string of the molecule is CCCCCCC[N+](CCCCCCC)(CCCCCCC)C(C)C. The highest BCUT2D eigenvalue weighted by Gasteiger charge is 2.29. The molecule has 0 amide bonds. The zero-order valence-electron chi connectivity index (χ0n) is 18.8. The van der Waals surface area contributed by atoms with Crippen LogP contribution < -0.4 is 0 Å². The van der Waals surface area contributed by atoms with Crippen molar-refractivity contribution in [3.05, 3.63) is 0 Å². The third-order valence-electron chi connectivity index (χ3n) is 6.22. The van der Waals surface area contributed by atoms with Gasteiger partial charge in [-0.2, -0.15) is 0 Å². The maximum atomic E-state index is 2.49. The molecule has 0 aromatic rings. The standard InChI is InChI=1S/C24H52N/c1-6-9-12-15-18-21-25(24(4)5,22-19-16-13-10-7-2)23-20-17-14-11-8-3/h24H,6-23H2,1-5H3/q+1. The first-order chi connectivity index (χ1) is 12.1. The van der Waals surface area contributed by atoms with E-state index < -0.39 is 0 Å². The lowest BCUT2D eigenvalue weighted by Gasteiger charge is -2.43. The first kappa shape index (κ1) is 25.0. The van der Waals surface area contributed by atoms with Crippen LogP contribution in [0.5, 0.6) is 0 Å². The Morgan fingerprint density at radius 1 is 0.440 bits per heavy atom. The molecule has 0 aliphatic rings. The second kappa shape index (κ2) is 17.4. The van der Waals surface area contributed by atoms with Gasteiger partial charge < -0.3 is 4.48 Å². The molecule has 0 heterocycles. The van der Waals surface area contributed by atoms with Crippen molar-refractivity contribution in [3.63, 3.8) is 0 Å². The Morgan fingerprint density at radius 3 is 0.960 bits per heavy atom. The summed E-state index contributed by atoms with van der Waals surface area (Å²) in [5.41, 5.74) is 0. The fourth-order valence-corrected chi connectivity index (χ4v) is 4.20. The molecule has 0 radical (unpaired) electrons. The van der Waals surface area contributed by atoms with Gasteiger partial charge in [0.1, 0.15) is 0 Å². The molecule has 0 saturated heterocycles. The molecule has 0 saturated carbocycles. The molecular formula is C24H52N+. The summed E-state index contributed by atoms with van der Waals surface area (Å²) < 4.78 is 1.41. The molecular weight excluding hydrogens is 302 g/mol. The summed E-state index contributed by atoms with van der Waals surface area (Å²) in [6.07, 6.45) is 21.4. The second-order valence-electron chi connectivity index (χ2n) is 8.73. The lowest BCUT2D eigenvalue weighted by molar-refractivity contribution is -0.948. The summed E-state index contributed by atoms with van der Waals surface area (Å²) in [5.74, 6) is 0. The third-order valence-corrected chi connectivity index (χ3v) is 6.22. The van der Waals surface area contributed by atoms with Crippen LogP contribution in [0.4, 0.5) is 0 Å². The van der Waals surface area contributed by atoms with Crippen LogP contribution >= 0.6 is 0 Å². The van der Waals surface area contributed by atoms with Gasteiger partial charge in [0.2, 0.25) is 0 Å². The molecule has 0 atom stereocenters. The topological polar surface area (TPSA) is 0 Å². The van der Waals surface area contributed by atoms with Crippen molar-refractivity contribution in [2.75, 3.05) is 19.6 Å². The van der Waals surface area contributed by atoms with Crippen molar-refractivity contribution in [2.45, 2.75) is 137 Å². The van der Waals surface area contributed by atoms with Crippen LogP contribution in [-0.4, -0.2) is 30.2 Å². The van der Waals surface area contributed by atoms with Crippen LogP contribution in [0.15, 0.2) is 0 Å². The molecule has 0 N–H and O–H groups in total. The van der Waals surface area contributed by atoms with E-state index in [0.29, 0.717) is 0 Å². The van der Waals surface area contributed by atoms with Gasteiger partial charge >= 0.3 is 0 Å². The van der Waals surface area contributed by atoms with Crippen molar-refractivity contribution in [1.82, 2.24) is 0 Å². The molecule has 1 heteroatoms. The van der Waals surface area contributed by atoms with Crippen LogP contribution in [0.2, 0.25) is 0 Å². The molecule has 0 unspecified atom stereocenters. The number of unbranched alkanes of at least 4 members (excludes halogenated alkanes) is 12. The van der Waals surface area contributed by atoms with Gasteiger partial charge in [0, 0.05) is 0 Å². The predicted molar refractivity (Wildman–Crippen MR) is 116 cm³/mol. The van der Waals surface area contributed by atoms with E-state index in [4.69, 9.17) is 0 Å². The minimum absolute atomic E-state index is 0.795. The number of hydrogen-bond donors (Lipinski definition) is 0. The lowest BCUT2D eigenvalue weighted by atomic mass is 10.0. The maximum absolute atomic E-state index is 2.49. The fourth-order valence-electron chi connectivity index (χ4n) is 4.20. The summed E-state index contributed by atoms with van der Waals surface area (Å²) in [6, 6.07) is 0.795. The minimum Gasteiger partial charge on any atom is -0.322 e. The number of rotatable bonds is 19. The first-order valence-corrected chi connectivity index (χ1v) is 12.0. The first-order valence-electron chi connectivity index (χ1n) is 12.0. The molecule has 1 nitrogen and oxygen atoms in total. The summed E-state index contributed by atoms with van der Waals surface area (Å²) in [7, 11) is 0. The Balaban J connectivity index is 4.46. The fraction of sp³-hybridized carbons (Fsp3) is 1.00. The van der Waals surface area contributed by atoms with Gasteiger partial charge in [0.15, 0.2) is 0 Å². The molecule has 0 aromatic carbocycles. The van der Waals surface area contributed by atoms with Gasteiger partial charge in [0.25, 0.3) is 0 Å². The number of hydrogen-bond acceptors (Lipinski definition) is 0. The van der Waals surface area contributed by atoms with E-state index >= 15 is 0 Å². The van der Waals surface area contributed by atoms with Gasteiger partial charge in [-0.25, -0.2) is 0 Å². The average Bonchev–Trinajstić information content (AvgIpc) is 2.60. The van der Waals surface area contributed by atoms with Crippen molar-refractivity contribution in [2.24, 2.45) is 0 Å². The molecule has 0 aliphatic carbocycles. The van der Waals surface area contributed by atoms with Crippen molar-refractivity contribution < 1.29 is 4.48 Å². The zero-order chi connectivity index (χ0) is 18.8. The average molecular weight is 355 g/mol. The van der Waals surface area contributed by atoms with Crippen LogP contribution in [0.25, 0.3) is 0 Å². The summed E-state index contributed by atoms with van der Waals surface area (Å²) >= 11 is 0. The van der Waals surface area contributed by atoms with Crippen molar-refractivity contribution in [1.29, 1.82) is 0 Å². The van der Waals surface area contributed by atoms with Crippen LogP contribution in [-0.2, 0) is 0 Å². The highest BCUT2D eigenvalue weighted by Crippen LogP contribution is 2.21. The normalized spacial score (nSPS) is 12.2. The Bertz CT molecular complexity index is 223. The zero-order valence-corrected chi connectivity index (χ0v) is 18.8. The monoisotopic (exact) mass is 354 g/mol. The van der Waals surface area contributed by atoms with Gasteiger partial charge in [-0.1, -0.05) is 78.6 Å². The van der Waals surface area contributed by atoms with Gasteiger partial charge in [0.05, 0.1) is 25.7 Å². The van der Waals surface area contributed by atoms with Gasteiger partial charge in [-0.05, 0) is 52.4 Å². The molecule has 152 valence electrons. The molecule has 0 bridgehead atoms. The van der Waals surface area contributed by atoms with Crippen LogP contribution in [0, 0.1) is 0 Å². The Kier molecular flexibility index (Phi) is 17.3. The molecule has 0 aliphatic heterocycles. The van der Waals surface area contributed by atoms with E-state index in [1.165, 1.54) is 120 Å². The quantitative estimate of drug-likeness (QED) is 0.162. The molecule has 0 fully saturated rings. The van der Waals surface area contributed by atoms with E-state index in [1.807, 2.05) is 0 Å². The summed E-state index contributed by atoms with van der Waals surface area (Å²) in [5, 5.41) is 0. The highest BCUT2D eigenvalue weighted by molar-refractivity contribution is 4.55. The molecule has 0 spiro atoms. The molecule has 0 aromatic heterocycles. The second-order valence-corrected chi connectivity index (χ2v) is 8.73. The van der Waals surface area contributed by atoms with Crippen LogP contribution in [0.3, 0.4) is 0 Å². The third kappa shape index (κ3) is 12.9. The largest absolute Gasteiger partial charge is 0.322 e. The van der Waals surface area contributed by atoms with Gasteiger partial charge in [-0.3, -0.25) is 0 Å². The highest BCUT2D eigenvalue weighted by atomic mass is 15.4. The Morgan fingerprint density at radius 2 is 0.720 bits per heavy atom. The smallest absolute Gasteiger partial charge is 0.0833 e. The van der Waals surface area contributed by atoms with E-state index in [0.717, 1.165) is 6.04 Å². The lowest BCUT2D eigenvalue weighted by Crippen LogP contribution is -2.55. The molecule has 0 rings (SSSR count). The maximum Gasteiger partial charge on any atom is 0.0833 e.